The third-order valence-electron chi connectivity index (χ3n) is 5.94. The summed E-state index contributed by atoms with van der Waals surface area (Å²) in [5.74, 6) is -1.20. The van der Waals surface area contributed by atoms with Gasteiger partial charge >= 0.3 is 5.97 Å². The van der Waals surface area contributed by atoms with Gasteiger partial charge in [0.05, 0.1) is 0 Å². The monoisotopic (exact) mass is 481 g/mol. The fourth-order valence-electron chi connectivity index (χ4n) is 4.34. The van der Waals surface area contributed by atoms with Crippen LogP contribution in [0.1, 0.15) is 34.0 Å². The molecule has 1 heterocycles. The van der Waals surface area contributed by atoms with Crippen molar-refractivity contribution in [2.45, 2.75) is 31.8 Å². The lowest BCUT2D eigenvalue weighted by Gasteiger charge is -2.24. The summed E-state index contributed by atoms with van der Waals surface area (Å²) in [7, 11) is 0. The van der Waals surface area contributed by atoms with Gasteiger partial charge in [-0.05, 0) is 66.4 Å². The van der Waals surface area contributed by atoms with E-state index >= 15 is 0 Å². The van der Waals surface area contributed by atoms with Crippen molar-refractivity contribution in [1.82, 2.24) is 4.90 Å². The first-order chi connectivity index (χ1) is 16.2. The van der Waals surface area contributed by atoms with Crippen molar-refractivity contribution < 1.29 is 23.8 Å². The van der Waals surface area contributed by atoms with Gasteiger partial charge in [-0.1, -0.05) is 41.9 Å². The van der Waals surface area contributed by atoms with E-state index in [1.807, 2.05) is 31.2 Å². The van der Waals surface area contributed by atoms with Gasteiger partial charge in [-0.2, -0.15) is 0 Å². The smallest absolute Gasteiger partial charge is 0.323 e. The first-order valence-corrected chi connectivity index (χ1v) is 11.4. The molecule has 1 unspecified atom stereocenters. The minimum atomic E-state index is -1.12. The van der Waals surface area contributed by atoms with Crippen LogP contribution in [0.15, 0.2) is 66.7 Å². The molecular formula is C27H25ClFNO4. The number of benzene rings is 3. The lowest BCUT2D eigenvalue weighted by molar-refractivity contribution is -0.137. The Balaban J connectivity index is 1.49. The number of hydrogen-bond donors (Lipinski definition) is 1. The second-order valence-electron chi connectivity index (χ2n) is 8.82. The molecule has 176 valence electrons. The molecule has 0 saturated heterocycles. The molecule has 5 nitrogen and oxygen atoms in total. The van der Waals surface area contributed by atoms with Crippen LogP contribution in [0.2, 0.25) is 5.02 Å². The van der Waals surface area contributed by atoms with Crippen molar-refractivity contribution >= 4 is 23.5 Å². The maximum Gasteiger partial charge on any atom is 0.323 e. The number of carboxylic acids is 1. The van der Waals surface area contributed by atoms with Crippen LogP contribution in [0.3, 0.4) is 0 Å². The Morgan fingerprint density at radius 2 is 1.85 bits per heavy atom. The molecule has 0 aromatic heterocycles. The van der Waals surface area contributed by atoms with E-state index in [0.29, 0.717) is 34.7 Å². The van der Waals surface area contributed by atoms with Crippen LogP contribution in [-0.2, 0) is 24.1 Å². The van der Waals surface area contributed by atoms with Gasteiger partial charge < -0.3 is 14.7 Å². The number of ether oxygens (including phenoxy) is 1. The number of halogens is 2. The van der Waals surface area contributed by atoms with Crippen LogP contribution in [0.5, 0.6) is 5.75 Å². The van der Waals surface area contributed by atoms with E-state index in [9.17, 15) is 19.1 Å². The summed E-state index contributed by atoms with van der Waals surface area (Å²) in [6.07, 6.45) is 1.51. The largest absolute Gasteiger partial charge is 0.487 e. The minimum Gasteiger partial charge on any atom is -0.487 e. The molecular weight excluding hydrogens is 457 g/mol. The fraction of sp³-hybridized carbons (Fsp3) is 0.259. The van der Waals surface area contributed by atoms with Gasteiger partial charge in [-0.15, -0.1) is 0 Å². The molecule has 1 amide bonds. The van der Waals surface area contributed by atoms with E-state index in [4.69, 9.17) is 16.3 Å². The van der Waals surface area contributed by atoms with Gasteiger partial charge in [-0.25, -0.2) is 4.39 Å². The highest BCUT2D eigenvalue weighted by Crippen LogP contribution is 2.37. The summed E-state index contributed by atoms with van der Waals surface area (Å²) >= 11 is 5.98. The number of fused-ring (bicyclic) bond motifs is 1. The van der Waals surface area contributed by atoms with Gasteiger partial charge in [0.1, 0.15) is 23.7 Å². The Hall–Kier alpha value is -3.38. The summed E-state index contributed by atoms with van der Waals surface area (Å²) in [5.41, 5.74) is 2.34. The third kappa shape index (κ3) is 5.57. The summed E-state index contributed by atoms with van der Waals surface area (Å²) in [6.45, 7) is 1.65. The SMILES string of the molecule is CC1(Cc2ccc(Cl)cc2)Cc2cc(C(=O)N(CCc3ccccc3F)CC(=O)O)ccc2O1. The molecule has 3 aromatic carbocycles. The minimum absolute atomic E-state index is 0.0912. The van der Waals surface area contributed by atoms with Crippen LogP contribution in [-0.4, -0.2) is 40.6 Å². The molecule has 0 radical (unpaired) electrons. The first kappa shape index (κ1) is 23.8. The van der Waals surface area contributed by atoms with Gasteiger partial charge in [-0.3, -0.25) is 9.59 Å². The second kappa shape index (κ2) is 9.85. The predicted octanol–water partition coefficient (Wildman–Crippen LogP) is 5.18. The maximum atomic E-state index is 14.0. The van der Waals surface area contributed by atoms with Crippen molar-refractivity contribution in [1.29, 1.82) is 0 Å². The van der Waals surface area contributed by atoms with Gasteiger partial charge in [0, 0.05) is 30.0 Å². The number of aliphatic carboxylic acids is 1. The van der Waals surface area contributed by atoms with E-state index < -0.39 is 24.0 Å². The molecule has 0 saturated carbocycles. The standard InChI is InChI=1S/C27H25ClFNO4/c1-27(15-18-6-9-22(28)10-7-18)16-21-14-20(8-11-24(21)34-27)26(33)30(17-25(31)32)13-12-19-4-2-3-5-23(19)29/h2-11,14H,12-13,15-17H2,1H3,(H,31,32). The van der Waals surface area contributed by atoms with E-state index in [-0.39, 0.29) is 18.8 Å². The number of rotatable bonds is 8. The van der Waals surface area contributed by atoms with Crippen molar-refractivity contribution in [3.05, 3.63) is 99.8 Å². The molecule has 3 aromatic rings. The Bertz CT molecular complexity index is 1210. The van der Waals surface area contributed by atoms with Gasteiger partial charge in [0.15, 0.2) is 0 Å². The molecule has 7 heteroatoms. The van der Waals surface area contributed by atoms with Crippen LogP contribution >= 0.6 is 11.6 Å². The Labute approximate surface area is 202 Å². The van der Waals surface area contributed by atoms with Crippen molar-refractivity contribution in [2.24, 2.45) is 0 Å². The number of nitrogens with zero attached hydrogens (tertiary/aromatic N) is 1. The normalized spacial score (nSPS) is 16.6. The Morgan fingerprint density at radius 1 is 1.12 bits per heavy atom. The molecule has 1 aliphatic heterocycles. The summed E-state index contributed by atoms with van der Waals surface area (Å²) in [5, 5.41) is 9.99. The molecule has 34 heavy (non-hydrogen) atoms. The molecule has 4 rings (SSSR count). The maximum absolute atomic E-state index is 14.0. The second-order valence-corrected chi connectivity index (χ2v) is 9.25. The highest BCUT2D eigenvalue weighted by molar-refractivity contribution is 6.30. The topological polar surface area (TPSA) is 66.8 Å². The lowest BCUT2D eigenvalue weighted by Crippen LogP contribution is -2.37. The number of carbonyl (C=O) groups is 2. The van der Waals surface area contributed by atoms with Crippen LogP contribution in [0.4, 0.5) is 4.39 Å². The van der Waals surface area contributed by atoms with E-state index in [2.05, 4.69) is 0 Å². The highest BCUT2D eigenvalue weighted by atomic mass is 35.5. The quantitative estimate of drug-likeness (QED) is 0.481. The van der Waals surface area contributed by atoms with Crippen molar-refractivity contribution in [3.8, 4) is 5.75 Å². The summed E-state index contributed by atoms with van der Waals surface area (Å²) in [4.78, 5) is 25.8. The lowest BCUT2D eigenvalue weighted by atomic mass is 9.91. The van der Waals surface area contributed by atoms with Crippen LogP contribution < -0.4 is 4.74 Å². The van der Waals surface area contributed by atoms with E-state index in [1.54, 1.807) is 36.4 Å². The number of hydrogen-bond acceptors (Lipinski definition) is 3. The number of amides is 1. The molecule has 1 atom stereocenters. The van der Waals surface area contributed by atoms with Gasteiger partial charge in [0.25, 0.3) is 5.91 Å². The van der Waals surface area contributed by atoms with Crippen molar-refractivity contribution in [3.63, 3.8) is 0 Å². The summed E-state index contributed by atoms with van der Waals surface area (Å²) in [6, 6.07) is 19.1. The third-order valence-corrected chi connectivity index (χ3v) is 6.19. The van der Waals surface area contributed by atoms with Crippen LogP contribution in [0.25, 0.3) is 0 Å². The summed E-state index contributed by atoms with van der Waals surface area (Å²) < 4.78 is 20.2. The molecule has 0 spiro atoms. The molecule has 1 N–H and O–H groups in total. The zero-order valence-corrected chi connectivity index (χ0v) is 19.5. The average Bonchev–Trinajstić information content (AvgIpc) is 3.13. The molecule has 1 aliphatic rings. The van der Waals surface area contributed by atoms with Crippen molar-refractivity contribution in [2.75, 3.05) is 13.1 Å². The zero-order chi connectivity index (χ0) is 24.3. The highest BCUT2D eigenvalue weighted by Gasteiger charge is 2.35. The number of carboxylic acid groups (broad SMARTS) is 1. The van der Waals surface area contributed by atoms with Crippen LogP contribution in [0, 0.1) is 5.82 Å². The van der Waals surface area contributed by atoms with E-state index in [1.165, 1.54) is 11.0 Å². The first-order valence-electron chi connectivity index (χ1n) is 11.0. The fourth-order valence-corrected chi connectivity index (χ4v) is 4.47. The molecule has 0 bridgehead atoms. The predicted molar refractivity (Wildman–Crippen MR) is 128 cm³/mol. The molecule has 0 fully saturated rings. The zero-order valence-electron chi connectivity index (χ0n) is 18.8. The number of carbonyl (C=O) groups excluding carboxylic acids is 1. The molecule has 0 aliphatic carbocycles. The average molecular weight is 482 g/mol. The Morgan fingerprint density at radius 3 is 2.56 bits per heavy atom. The van der Waals surface area contributed by atoms with E-state index in [0.717, 1.165) is 11.1 Å². The van der Waals surface area contributed by atoms with Gasteiger partial charge in [0.2, 0.25) is 0 Å². The Kier molecular flexibility index (Phi) is 6.89.